The van der Waals surface area contributed by atoms with E-state index in [1.54, 1.807) is 7.11 Å². The second-order valence-corrected chi connectivity index (χ2v) is 13.9. The van der Waals surface area contributed by atoms with Crippen molar-refractivity contribution in [2.45, 2.75) is 77.7 Å². The summed E-state index contributed by atoms with van der Waals surface area (Å²) < 4.78 is 13.9. The third-order valence-corrected chi connectivity index (χ3v) is 11.8. The van der Waals surface area contributed by atoms with Crippen molar-refractivity contribution in [1.29, 1.82) is 0 Å². The van der Waals surface area contributed by atoms with Crippen LogP contribution in [0.15, 0.2) is 18.2 Å². The molecule has 6 heteroatoms. The smallest absolute Gasteiger partial charge is 0.201 e. The fourth-order valence-corrected chi connectivity index (χ4v) is 10.0. The van der Waals surface area contributed by atoms with E-state index in [1.165, 1.54) is 5.56 Å². The average molecular weight is 392 g/mol. The number of hydrogen-bond acceptors (Lipinski definition) is 4. The third kappa shape index (κ3) is 4.55. The summed E-state index contributed by atoms with van der Waals surface area (Å²) >= 11 is 0. The first-order chi connectivity index (χ1) is 12.7. The number of nitrogens with zero attached hydrogens (tertiary/aromatic N) is 2. The minimum atomic E-state index is -1.87. The van der Waals surface area contributed by atoms with Gasteiger partial charge in [0.2, 0.25) is 14.3 Å². The van der Waals surface area contributed by atoms with Gasteiger partial charge in [0, 0.05) is 20.3 Å². The van der Waals surface area contributed by atoms with Crippen LogP contribution in [0.2, 0.25) is 16.6 Å². The van der Waals surface area contributed by atoms with E-state index in [0.717, 1.165) is 30.6 Å². The Hall–Kier alpha value is -1.37. The summed E-state index contributed by atoms with van der Waals surface area (Å²) in [7, 11) is -0.151. The molecule has 0 radical (unpaired) electrons. The Morgan fingerprint density at radius 1 is 1.07 bits per heavy atom. The highest BCUT2D eigenvalue weighted by Gasteiger charge is 2.44. The summed E-state index contributed by atoms with van der Waals surface area (Å²) in [5.41, 5.74) is 11.1. The van der Waals surface area contributed by atoms with Crippen LogP contribution in [0.5, 0.6) is 0 Å². The molecular weight excluding hydrogens is 354 g/mol. The molecule has 2 aromatic rings. The number of imidazole rings is 1. The van der Waals surface area contributed by atoms with E-state index in [-0.39, 0.29) is 0 Å². The molecule has 0 saturated heterocycles. The number of rotatable bonds is 10. The van der Waals surface area contributed by atoms with Gasteiger partial charge in [-0.3, -0.25) is 0 Å². The van der Waals surface area contributed by atoms with E-state index in [9.17, 15) is 0 Å². The van der Waals surface area contributed by atoms with Crippen molar-refractivity contribution in [1.82, 2.24) is 9.55 Å². The number of nitrogens with two attached hydrogens (primary N) is 1. The highest BCUT2D eigenvalue weighted by molar-refractivity contribution is 6.77. The monoisotopic (exact) mass is 391 g/mol. The Morgan fingerprint density at radius 3 is 2.26 bits per heavy atom. The lowest BCUT2D eigenvalue weighted by Crippen LogP contribution is -2.47. The molecule has 0 aliphatic rings. The molecule has 1 aromatic heterocycles. The molecular formula is C21H37N3O2Si. The summed E-state index contributed by atoms with van der Waals surface area (Å²) in [4.78, 5) is 4.56. The Kier molecular flexibility index (Phi) is 7.48. The second kappa shape index (κ2) is 9.21. The molecule has 0 atom stereocenters. The van der Waals surface area contributed by atoms with E-state index in [4.69, 9.17) is 14.9 Å². The van der Waals surface area contributed by atoms with Crippen LogP contribution in [0.3, 0.4) is 0 Å². The Labute approximate surface area is 165 Å². The number of methoxy groups -OCH3 is 1. The van der Waals surface area contributed by atoms with Gasteiger partial charge in [0.25, 0.3) is 0 Å². The van der Waals surface area contributed by atoms with Gasteiger partial charge in [-0.25, -0.2) is 4.98 Å². The van der Waals surface area contributed by atoms with Gasteiger partial charge in [-0.1, -0.05) is 47.6 Å². The van der Waals surface area contributed by atoms with E-state index < -0.39 is 8.32 Å². The lowest BCUT2D eigenvalue weighted by Gasteiger charge is -2.42. The minimum absolute atomic E-state index is 0.564. The fourth-order valence-electron chi connectivity index (χ4n) is 4.59. The zero-order valence-corrected chi connectivity index (χ0v) is 19.1. The van der Waals surface area contributed by atoms with Crippen LogP contribution in [0.1, 0.15) is 53.5 Å². The zero-order chi connectivity index (χ0) is 20.2. The van der Waals surface area contributed by atoms with Crippen LogP contribution in [0, 0.1) is 0 Å². The lowest BCUT2D eigenvalue weighted by atomic mass is 10.2. The zero-order valence-electron chi connectivity index (χ0n) is 18.1. The Bertz CT molecular complexity index is 719. The SMILES string of the molecule is COCCCn1c(N)nc2cc(CO[Si](C(C)C)(C(C)C)C(C)C)ccc21. The predicted octanol–water partition coefficient (Wildman–Crippen LogP) is 5.35. The molecule has 0 aliphatic heterocycles. The number of aromatic nitrogens is 2. The topological polar surface area (TPSA) is 62.3 Å². The average Bonchev–Trinajstić information content (AvgIpc) is 2.89. The molecule has 2 N–H and O–H groups in total. The molecule has 2 rings (SSSR count). The van der Waals surface area contributed by atoms with Crippen LogP contribution in [-0.2, 0) is 22.3 Å². The van der Waals surface area contributed by atoms with Crippen molar-refractivity contribution in [3.05, 3.63) is 23.8 Å². The Balaban J connectivity index is 2.22. The fraction of sp³-hybridized carbons (Fsp3) is 0.667. The van der Waals surface area contributed by atoms with Crippen molar-refractivity contribution >= 4 is 25.3 Å². The molecule has 0 bridgehead atoms. The number of ether oxygens (including phenoxy) is 1. The van der Waals surface area contributed by atoms with Gasteiger partial charge >= 0.3 is 0 Å². The second-order valence-electron chi connectivity index (χ2n) is 8.40. The standard InChI is InChI=1S/C21H37N3O2Si/c1-15(2)27(16(3)4,17(5)6)26-14-18-9-10-20-19(13-18)23-21(22)24(20)11-8-12-25-7/h9-10,13,15-17H,8,11-12,14H2,1-7H3,(H2,22,23). The summed E-state index contributed by atoms with van der Waals surface area (Å²) in [6, 6.07) is 6.39. The maximum atomic E-state index is 6.72. The number of hydrogen-bond donors (Lipinski definition) is 1. The predicted molar refractivity (Wildman–Crippen MR) is 116 cm³/mol. The van der Waals surface area contributed by atoms with Gasteiger partial charge in [0.15, 0.2) is 0 Å². The first-order valence-electron chi connectivity index (χ1n) is 10.1. The minimum Gasteiger partial charge on any atom is -0.412 e. The van der Waals surface area contributed by atoms with Crippen LogP contribution in [0.25, 0.3) is 11.0 Å². The maximum absolute atomic E-state index is 6.72. The van der Waals surface area contributed by atoms with Crippen LogP contribution in [0.4, 0.5) is 5.95 Å². The molecule has 0 spiro atoms. The highest BCUT2D eigenvalue weighted by atomic mass is 28.4. The number of anilines is 1. The van der Waals surface area contributed by atoms with Crippen molar-refractivity contribution < 1.29 is 9.16 Å². The van der Waals surface area contributed by atoms with E-state index in [1.807, 2.05) is 0 Å². The highest BCUT2D eigenvalue weighted by Crippen LogP contribution is 2.42. The number of benzene rings is 1. The van der Waals surface area contributed by atoms with Crippen molar-refractivity contribution in [2.75, 3.05) is 19.5 Å². The van der Waals surface area contributed by atoms with Gasteiger partial charge in [0.05, 0.1) is 17.6 Å². The van der Waals surface area contributed by atoms with E-state index in [2.05, 4.69) is 69.3 Å². The van der Waals surface area contributed by atoms with E-state index in [0.29, 0.717) is 29.2 Å². The van der Waals surface area contributed by atoms with E-state index >= 15 is 0 Å². The summed E-state index contributed by atoms with van der Waals surface area (Å²) in [6.45, 7) is 16.1. The molecule has 0 saturated carbocycles. The first kappa shape index (κ1) is 21.9. The van der Waals surface area contributed by atoms with Crippen molar-refractivity contribution in [2.24, 2.45) is 0 Å². The van der Waals surface area contributed by atoms with Gasteiger partial charge in [-0.15, -0.1) is 0 Å². The summed E-state index contributed by atoms with van der Waals surface area (Å²) in [6.07, 6.45) is 0.919. The molecule has 1 aromatic carbocycles. The van der Waals surface area contributed by atoms with Gasteiger partial charge in [-0.2, -0.15) is 0 Å². The summed E-state index contributed by atoms with van der Waals surface area (Å²) in [5.74, 6) is 0.564. The summed E-state index contributed by atoms with van der Waals surface area (Å²) in [5, 5.41) is 0. The third-order valence-electron chi connectivity index (χ3n) is 5.77. The largest absolute Gasteiger partial charge is 0.412 e. The molecule has 0 fully saturated rings. The van der Waals surface area contributed by atoms with Crippen LogP contribution < -0.4 is 5.73 Å². The molecule has 0 unspecified atom stereocenters. The molecule has 1 heterocycles. The van der Waals surface area contributed by atoms with Crippen molar-refractivity contribution in [3.63, 3.8) is 0 Å². The number of fused-ring (bicyclic) bond motifs is 1. The molecule has 0 amide bonds. The maximum Gasteiger partial charge on any atom is 0.201 e. The molecule has 27 heavy (non-hydrogen) atoms. The number of aryl methyl sites for hydroxylation is 1. The Morgan fingerprint density at radius 2 is 1.70 bits per heavy atom. The molecule has 0 aliphatic carbocycles. The molecule has 152 valence electrons. The normalized spacial score (nSPS) is 12.8. The quantitative estimate of drug-likeness (QED) is 0.438. The van der Waals surface area contributed by atoms with Gasteiger partial charge in [-0.05, 0) is 40.7 Å². The lowest BCUT2D eigenvalue weighted by molar-refractivity contribution is 0.191. The van der Waals surface area contributed by atoms with Crippen molar-refractivity contribution in [3.8, 4) is 0 Å². The molecule has 5 nitrogen and oxygen atoms in total. The van der Waals surface area contributed by atoms with Crippen LogP contribution in [-0.4, -0.2) is 31.6 Å². The van der Waals surface area contributed by atoms with Crippen LogP contribution >= 0.6 is 0 Å². The number of nitrogen functional groups attached to an aromatic ring is 1. The first-order valence-corrected chi connectivity index (χ1v) is 12.3. The van der Waals surface area contributed by atoms with Gasteiger partial charge < -0.3 is 19.5 Å². The van der Waals surface area contributed by atoms with Gasteiger partial charge in [0.1, 0.15) is 0 Å².